The number of allylic oxidation sites excluding steroid dienone is 2. The molecule has 5 heteroatoms. The molecule has 3 rings (SSSR count). The largest absolute Gasteiger partial charge is 0.115 e. The summed E-state index contributed by atoms with van der Waals surface area (Å²) >= 11 is 32.8. The van der Waals surface area contributed by atoms with Crippen molar-refractivity contribution in [3.63, 3.8) is 0 Å². The number of benzene rings is 1. The summed E-state index contributed by atoms with van der Waals surface area (Å²) in [5.41, 5.74) is 1.08. The predicted octanol–water partition coefficient (Wildman–Crippen LogP) is 5.83. The average molecular weight is 357 g/mol. The van der Waals surface area contributed by atoms with Crippen molar-refractivity contribution >= 4 is 58.0 Å². The van der Waals surface area contributed by atoms with Gasteiger partial charge in [-0.1, -0.05) is 53.5 Å². The van der Waals surface area contributed by atoms with Crippen LogP contribution in [-0.2, 0) is 0 Å². The first kappa shape index (κ1) is 14.4. The lowest BCUT2D eigenvalue weighted by Gasteiger charge is -2.36. The van der Waals surface area contributed by atoms with Crippen LogP contribution in [0.2, 0.25) is 0 Å². The molecule has 102 valence electrons. The number of fused-ring (bicyclic) bond motifs is 2. The van der Waals surface area contributed by atoms with Crippen molar-refractivity contribution in [2.75, 3.05) is 0 Å². The first-order chi connectivity index (χ1) is 8.77. The van der Waals surface area contributed by atoms with Crippen molar-refractivity contribution in [1.82, 2.24) is 0 Å². The maximum absolute atomic E-state index is 6.83. The standard InChI is InChI=1S/C14H11Cl5/c1-12(17)13(18)7-9(8-5-3-2-4-6-8)14(12,19)11(16)10(13)15/h2-6,9H,7H2,1H3/t9-,12+,13-,14+/m1/s1. The zero-order valence-corrected chi connectivity index (χ0v) is 13.8. The molecule has 1 aromatic carbocycles. The molecule has 2 aliphatic rings. The molecule has 1 aromatic rings. The molecule has 0 radical (unpaired) electrons. The van der Waals surface area contributed by atoms with Crippen LogP contribution >= 0.6 is 58.0 Å². The first-order valence-electron chi connectivity index (χ1n) is 5.94. The summed E-state index contributed by atoms with van der Waals surface area (Å²) in [6.45, 7) is 1.81. The normalized spacial score (nSPS) is 45.1. The van der Waals surface area contributed by atoms with Gasteiger partial charge in [-0.05, 0) is 18.9 Å². The van der Waals surface area contributed by atoms with E-state index >= 15 is 0 Å². The van der Waals surface area contributed by atoms with E-state index in [1.807, 2.05) is 37.3 Å². The Kier molecular flexibility index (Phi) is 3.18. The Labute approximate surface area is 137 Å². The van der Waals surface area contributed by atoms with Crippen LogP contribution in [0.25, 0.3) is 0 Å². The smallest absolute Gasteiger partial charge is 0.109 e. The van der Waals surface area contributed by atoms with Gasteiger partial charge in [-0.15, -0.1) is 34.8 Å². The summed E-state index contributed by atoms with van der Waals surface area (Å²) in [6, 6.07) is 9.92. The van der Waals surface area contributed by atoms with Gasteiger partial charge in [0.1, 0.15) is 9.75 Å². The Hall–Kier alpha value is 0.410. The van der Waals surface area contributed by atoms with E-state index in [4.69, 9.17) is 58.0 Å². The summed E-state index contributed by atoms with van der Waals surface area (Å²) in [5, 5.41) is 0.763. The molecule has 0 spiro atoms. The Morgan fingerprint density at radius 1 is 1.00 bits per heavy atom. The molecular formula is C14H11Cl5. The summed E-state index contributed by atoms with van der Waals surface area (Å²) in [7, 11) is 0. The zero-order valence-electron chi connectivity index (χ0n) is 10.1. The van der Waals surface area contributed by atoms with Gasteiger partial charge in [0, 0.05) is 5.92 Å². The summed E-state index contributed by atoms with van der Waals surface area (Å²) in [4.78, 5) is -2.79. The van der Waals surface area contributed by atoms with E-state index < -0.39 is 14.6 Å². The minimum absolute atomic E-state index is 0.0506. The Morgan fingerprint density at radius 3 is 2.05 bits per heavy atom. The molecule has 19 heavy (non-hydrogen) atoms. The van der Waals surface area contributed by atoms with E-state index in [0.717, 1.165) is 5.56 Å². The fourth-order valence-electron chi connectivity index (χ4n) is 3.25. The molecule has 0 unspecified atom stereocenters. The quantitative estimate of drug-likeness (QED) is 0.555. The third-order valence-corrected chi connectivity index (χ3v) is 8.11. The summed E-state index contributed by atoms with van der Waals surface area (Å²) in [6.07, 6.45) is 0.580. The molecule has 0 N–H and O–H groups in total. The highest BCUT2D eigenvalue weighted by atomic mass is 35.5. The molecule has 0 nitrogen and oxygen atoms in total. The second kappa shape index (κ2) is 4.21. The van der Waals surface area contributed by atoms with E-state index in [0.29, 0.717) is 16.5 Å². The van der Waals surface area contributed by atoms with Crippen molar-refractivity contribution in [2.45, 2.75) is 33.9 Å². The maximum atomic E-state index is 6.83. The van der Waals surface area contributed by atoms with Gasteiger partial charge in [-0.25, -0.2) is 0 Å². The van der Waals surface area contributed by atoms with Crippen LogP contribution in [0, 0.1) is 0 Å². The number of rotatable bonds is 1. The summed E-state index contributed by atoms with van der Waals surface area (Å²) in [5.74, 6) is -0.0506. The first-order valence-corrected chi connectivity index (χ1v) is 7.83. The molecular weight excluding hydrogens is 345 g/mol. The molecule has 0 heterocycles. The van der Waals surface area contributed by atoms with E-state index in [-0.39, 0.29) is 5.92 Å². The van der Waals surface area contributed by atoms with Crippen LogP contribution < -0.4 is 0 Å². The highest BCUT2D eigenvalue weighted by Crippen LogP contribution is 2.74. The van der Waals surface area contributed by atoms with Gasteiger partial charge in [0.05, 0.1) is 14.9 Å². The van der Waals surface area contributed by atoms with Gasteiger partial charge in [-0.2, -0.15) is 0 Å². The van der Waals surface area contributed by atoms with Crippen molar-refractivity contribution in [1.29, 1.82) is 0 Å². The minimum Gasteiger partial charge on any atom is -0.115 e. The Balaban J connectivity index is 2.20. The van der Waals surface area contributed by atoms with Crippen LogP contribution in [-0.4, -0.2) is 14.6 Å². The second-order valence-corrected chi connectivity index (χ2v) is 8.06. The fourth-order valence-corrected chi connectivity index (χ4v) is 5.64. The molecule has 2 bridgehead atoms. The molecule has 0 aliphatic heterocycles. The van der Waals surface area contributed by atoms with Gasteiger partial charge in [0.25, 0.3) is 0 Å². The molecule has 0 saturated heterocycles. The van der Waals surface area contributed by atoms with Gasteiger partial charge in [-0.3, -0.25) is 0 Å². The average Bonchev–Trinajstić information content (AvgIpc) is 2.62. The molecule has 0 aromatic heterocycles. The molecule has 1 saturated carbocycles. The van der Waals surface area contributed by atoms with Gasteiger partial charge < -0.3 is 0 Å². The number of alkyl halides is 3. The van der Waals surface area contributed by atoms with E-state index in [1.165, 1.54) is 0 Å². The fraction of sp³-hybridized carbons (Fsp3) is 0.429. The summed E-state index contributed by atoms with van der Waals surface area (Å²) < 4.78 is 0. The zero-order chi connectivity index (χ0) is 14.1. The minimum atomic E-state index is -0.962. The van der Waals surface area contributed by atoms with Crippen molar-refractivity contribution in [3.8, 4) is 0 Å². The van der Waals surface area contributed by atoms with Gasteiger partial charge in [0.2, 0.25) is 0 Å². The Bertz CT molecular complexity index is 564. The van der Waals surface area contributed by atoms with Crippen LogP contribution in [0.1, 0.15) is 24.8 Å². The van der Waals surface area contributed by atoms with Crippen LogP contribution in [0.4, 0.5) is 0 Å². The van der Waals surface area contributed by atoms with Crippen molar-refractivity contribution in [3.05, 3.63) is 46.0 Å². The molecule has 0 amide bonds. The maximum Gasteiger partial charge on any atom is 0.109 e. The lowest BCUT2D eigenvalue weighted by molar-refractivity contribution is 0.539. The topological polar surface area (TPSA) is 0 Å². The predicted molar refractivity (Wildman–Crippen MR) is 84.0 cm³/mol. The van der Waals surface area contributed by atoms with Crippen molar-refractivity contribution < 1.29 is 0 Å². The molecule has 1 fully saturated rings. The third-order valence-electron chi connectivity index (χ3n) is 4.45. The number of halogens is 5. The third kappa shape index (κ3) is 1.50. The lowest BCUT2D eigenvalue weighted by Crippen LogP contribution is -2.46. The number of hydrogen-bond acceptors (Lipinski definition) is 0. The Morgan fingerprint density at radius 2 is 1.58 bits per heavy atom. The highest BCUT2D eigenvalue weighted by molar-refractivity contribution is 6.56. The highest BCUT2D eigenvalue weighted by Gasteiger charge is 2.76. The van der Waals surface area contributed by atoms with E-state index in [2.05, 4.69) is 0 Å². The SMILES string of the molecule is C[C@]1(Cl)[C@@]2(Cl)C[C@H](c3ccccc3)[C@]1(Cl)C(Cl)=C2Cl. The van der Waals surface area contributed by atoms with Crippen LogP contribution in [0.5, 0.6) is 0 Å². The van der Waals surface area contributed by atoms with Gasteiger partial charge >= 0.3 is 0 Å². The second-order valence-electron chi connectivity index (χ2n) is 5.31. The number of hydrogen-bond donors (Lipinski definition) is 0. The van der Waals surface area contributed by atoms with E-state index in [1.54, 1.807) is 0 Å². The molecule has 2 aliphatic carbocycles. The van der Waals surface area contributed by atoms with Crippen LogP contribution in [0.15, 0.2) is 40.4 Å². The van der Waals surface area contributed by atoms with Gasteiger partial charge in [0.15, 0.2) is 0 Å². The lowest BCUT2D eigenvalue weighted by atomic mass is 9.84. The monoisotopic (exact) mass is 354 g/mol. The van der Waals surface area contributed by atoms with Crippen LogP contribution in [0.3, 0.4) is 0 Å². The van der Waals surface area contributed by atoms with E-state index in [9.17, 15) is 0 Å². The molecule has 4 atom stereocenters. The van der Waals surface area contributed by atoms with Crippen molar-refractivity contribution in [2.24, 2.45) is 0 Å².